The van der Waals surface area contributed by atoms with E-state index in [0.29, 0.717) is 24.5 Å². The van der Waals surface area contributed by atoms with Crippen molar-refractivity contribution in [3.05, 3.63) is 35.5 Å². The second-order valence-electron chi connectivity index (χ2n) is 8.99. The highest BCUT2D eigenvalue weighted by Gasteiger charge is 2.39. The first-order valence-corrected chi connectivity index (χ1v) is 10.9. The molecule has 3 aliphatic rings. The number of hydrogen-bond donors (Lipinski definition) is 2. The number of aromatic amines is 1. The highest BCUT2D eigenvalue weighted by molar-refractivity contribution is 5.88. The maximum atomic E-state index is 12.5. The molecule has 2 saturated heterocycles. The third-order valence-corrected chi connectivity index (χ3v) is 7.12. The van der Waals surface area contributed by atoms with E-state index in [1.807, 2.05) is 0 Å². The van der Waals surface area contributed by atoms with E-state index >= 15 is 0 Å². The quantitative estimate of drug-likeness (QED) is 0.802. The van der Waals surface area contributed by atoms with Gasteiger partial charge in [0.1, 0.15) is 6.04 Å². The van der Waals surface area contributed by atoms with Crippen molar-refractivity contribution in [3.63, 3.8) is 0 Å². The number of carbonyl (C=O) groups is 1. The van der Waals surface area contributed by atoms with Crippen LogP contribution in [0.5, 0.6) is 0 Å². The molecule has 1 aromatic carbocycles. The number of hydrogen-bond acceptors (Lipinski definition) is 4. The number of nitrogens with zero attached hydrogens (tertiary/aromatic N) is 1. The van der Waals surface area contributed by atoms with Crippen LogP contribution in [0.15, 0.2) is 24.4 Å². The minimum absolute atomic E-state index is 0.0506. The van der Waals surface area contributed by atoms with Gasteiger partial charge in [-0.15, -0.1) is 0 Å². The summed E-state index contributed by atoms with van der Waals surface area (Å²) in [6.45, 7) is 2.47. The van der Waals surface area contributed by atoms with Crippen LogP contribution in [-0.2, 0) is 16.0 Å². The lowest BCUT2D eigenvalue weighted by molar-refractivity contribution is -0.148. The number of likely N-dealkylation sites (N-methyl/N-ethyl adjacent to an activating group) is 1. The van der Waals surface area contributed by atoms with Gasteiger partial charge in [-0.05, 0) is 56.5 Å². The van der Waals surface area contributed by atoms with Crippen molar-refractivity contribution >= 4 is 16.9 Å². The van der Waals surface area contributed by atoms with Gasteiger partial charge in [-0.3, -0.25) is 4.79 Å². The summed E-state index contributed by atoms with van der Waals surface area (Å²) < 4.78 is 5.80. The fraction of sp³-hybridized carbons (Fsp3) is 0.609. The Morgan fingerprint density at radius 2 is 2.21 bits per heavy atom. The average Bonchev–Trinajstić information content (AvgIpc) is 2.94. The molecule has 0 bridgehead atoms. The van der Waals surface area contributed by atoms with Crippen LogP contribution in [0.4, 0.5) is 0 Å². The molecule has 0 spiro atoms. The number of likely N-dealkylation sites (tertiary alicyclic amines) is 1. The molecule has 28 heavy (non-hydrogen) atoms. The van der Waals surface area contributed by atoms with Gasteiger partial charge >= 0.3 is 5.97 Å². The number of carbonyl (C=O) groups excluding carboxylic acids is 1. The summed E-state index contributed by atoms with van der Waals surface area (Å²) in [4.78, 5) is 18.5. The molecule has 1 aliphatic carbocycles. The maximum absolute atomic E-state index is 12.5. The van der Waals surface area contributed by atoms with E-state index in [4.69, 9.17) is 4.74 Å². The van der Waals surface area contributed by atoms with Crippen LogP contribution in [-0.4, -0.2) is 54.7 Å². The molecule has 5 heteroatoms. The van der Waals surface area contributed by atoms with Crippen molar-refractivity contribution in [1.82, 2.24) is 15.2 Å². The zero-order chi connectivity index (χ0) is 19.1. The van der Waals surface area contributed by atoms with E-state index in [9.17, 15) is 4.79 Å². The van der Waals surface area contributed by atoms with E-state index < -0.39 is 0 Å². The van der Waals surface area contributed by atoms with Crippen molar-refractivity contribution < 1.29 is 9.53 Å². The van der Waals surface area contributed by atoms with Crippen molar-refractivity contribution in [2.24, 2.45) is 5.92 Å². The molecule has 0 saturated carbocycles. The van der Waals surface area contributed by atoms with Crippen LogP contribution in [0, 0.1) is 5.92 Å². The summed E-state index contributed by atoms with van der Waals surface area (Å²) in [5.41, 5.74) is 4.17. The molecule has 5 nitrogen and oxygen atoms in total. The molecule has 2 aromatic rings. The number of piperidine rings is 1. The van der Waals surface area contributed by atoms with Crippen molar-refractivity contribution in [2.45, 2.75) is 56.5 Å². The third kappa shape index (κ3) is 3.25. The topological polar surface area (TPSA) is 57.4 Å². The van der Waals surface area contributed by atoms with Crippen molar-refractivity contribution in [1.29, 1.82) is 0 Å². The Morgan fingerprint density at radius 1 is 1.29 bits per heavy atom. The van der Waals surface area contributed by atoms with Gasteiger partial charge < -0.3 is 19.9 Å². The Hall–Kier alpha value is -1.85. The van der Waals surface area contributed by atoms with E-state index in [-0.39, 0.29) is 12.0 Å². The summed E-state index contributed by atoms with van der Waals surface area (Å²) in [6, 6.07) is 7.08. The van der Waals surface area contributed by atoms with Crippen molar-refractivity contribution in [3.8, 4) is 0 Å². The van der Waals surface area contributed by atoms with Crippen LogP contribution in [0.2, 0.25) is 0 Å². The van der Waals surface area contributed by atoms with E-state index in [2.05, 4.69) is 46.6 Å². The second kappa shape index (κ2) is 7.53. The Kier molecular flexibility index (Phi) is 4.89. The molecule has 2 aliphatic heterocycles. The maximum Gasteiger partial charge on any atom is 0.323 e. The summed E-state index contributed by atoms with van der Waals surface area (Å²) >= 11 is 0. The number of rotatable bonds is 3. The minimum Gasteiger partial charge on any atom is -0.464 e. The predicted molar refractivity (Wildman–Crippen MR) is 110 cm³/mol. The Bertz CT molecular complexity index is 853. The molecule has 1 aromatic heterocycles. The predicted octanol–water partition coefficient (Wildman–Crippen LogP) is 3.20. The molecule has 3 heterocycles. The van der Waals surface area contributed by atoms with Gasteiger partial charge in [0, 0.05) is 41.5 Å². The zero-order valence-electron chi connectivity index (χ0n) is 16.7. The fourth-order valence-corrected chi connectivity index (χ4v) is 5.71. The van der Waals surface area contributed by atoms with E-state index in [0.717, 1.165) is 45.2 Å². The minimum atomic E-state index is -0.109. The zero-order valence-corrected chi connectivity index (χ0v) is 16.7. The fourth-order valence-electron chi connectivity index (χ4n) is 5.71. The van der Waals surface area contributed by atoms with E-state index in [1.165, 1.54) is 28.5 Å². The van der Waals surface area contributed by atoms with Crippen LogP contribution >= 0.6 is 0 Å². The van der Waals surface area contributed by atoms with Gasteiger partial charge in [-0.25, -0.2) is 0 Å². The molecule has 1 unspecified atom stereocenters. The smallest absolute Gasteiger partial charge is 0.323 e. The molecule has 150 valence electrons. The average molecular weight is 382 g/mol. The first-order valence-electron chi connectivity index (χ1n) is 10.9. The number of nitrogens with one attached hydrogen (secondary N) is 2. The lowest BCUT2D eigenvalue weighted by Gasteiger charge is -2.45. The molecule has 2 fully saturated rings. The highest BCUT2D eigenvalue weighted by atomic mass is 16.5. The first-order chi connectivity index (χ1) is 13.7. The number of ether oxygens (including phenoxy) is 1. The summed E-state index contributed by atoms with van der Waals surface area (Å²) in [5.74, 6) is 0.868. The Morgan fingerprint density at radius 3 is 3.14 bits per heavy atom. The Labute approximate surface area is 166 Å². The number of H-pyrrole nitrogens is 1. The lowest BCUT2D eigenvalue weighted by atomic mass is 9.72. The van der Waals surface area contributed by atoms with Gasteiger partial charge in [-0.1, -0.05) is 25.0 Å². The lowest BCUT2D eigenvalue weighted by Crippen LogP contribution is -2.49. The molecule has 0 radical (unpaired) electrons. The summed E-state index contributed by atoms with van der Waals surface area (Å²) in [5, 5.41) is 4.78. The number of esters is 1. The third-order valence-electron chi connectivity index (χ3n) is 7.12. The largest absolute Gasteiger partial charge is 0.464 e. The number of fused-ring (bicyclic) bond motifs is 2. The van der Waals surface area contributed by atoms with E-state index in [1.54, 1.807) is 0 Å². The molecule has 0 amide bonds. The van der Waals surface area contributed by atoms with Gasteiger partial charge in [0.25, 0.3) is 0 Å². The number of aromatic nitrogens is 1. The number of benzene rings is 1. The van der Waals surface area contributed by atoms with Crippen LogP contribution < -0.4 is 5.32 Å². The standard InChI is InChI=1S/C23H31N3O2/c1-26-13-15(14-28-23(27)20-7-3-2-4-9-24-20)10-18-17-6-5-8-19-22(17)16(12-25-19)11-21(18)26/h5-6,8,12,15,18,20-21,24-25H,2-4,7,9-11,13-14H2,1H3/t15-,18-,20?,21-/m1/s1. The summed E-state index contributed by atoms with van der Waals surface area (Å²) in [6.07, 6.45) is 8.79. The second-order valence-corrected chi connectivity index (χ2v) is 8.99. The Balaban J connectivity index is 1.28. The van der Waals surface area contributed by atoms with Gasteiger partial charge in [0.2, 0.25) is 0 Å². The SMILES string of the molecule is CN1C[C@H](COC(=O)C2CCCCCN2)C[C@@H]2c3cccc4[nH]cc(c34)C[C@H]21. The molecular weight excluding hydrogens is 350 g/mol. The van der Waals surface area contributed by atoms with Crippen molar-refractivity contribution in [2.75, 3.05) is 26.7 Å². The van der Waals surface area contributed by atoms with Crippen LogP contribution in [0.3, 0.4) is 0 Å². The van der Waals surface area contributed by atoms with Crippen LogP contribution in [0.25, 0.3) is 10.9 Å². The molecule has 4 atom stereocenters. The monoisotopic (exact) mass is 381 g/mol. The molecule has 2 N–H and O–H groups in total. The van der Waals surface area contributed by atoms with Crippen LogP contribution in [0.1, 0.15) is 49.1 Å². The first kappa shape index (κ1) is 18.2. The normalized spacial score (nSPS) is 30.6. The highest BCUT2D eigenvalue weighted by Crippen LogP contribution is 2.44. The van der Waals surface area contributed by atoms with Gasteiger partial charge in [0.05, 0.1) is 6.61 Å². The molecule has 5 rings (SSSR count). The van der Waals surface area contributed by atoms with Gasteiger partial charge in [0.15, 0.2) is 0 Å². The summed E-state index contributed by atoms with van der Waals surface area (Å²) in [7, 11) is 2.23. The molecular formula is C23H31N3O2. The van der Waals surface area contributed by atoms with Gasteiger partial charge in [-0.2, -0.15) is 0 Å².